The molecule has 12 rings (SSSR count). The number of nitrogens with zero attached hydrogens (tertiary/aromatic N) is 8. The summed E-state index contributed by atoms with van der Waals surface area (Å²) in [6.07, 6.45) is 3.76. The fourth-order valence-electron chi connectivity index (χ4n) is 9.44. The zero-order chi connectivity index (χ0) is 47.3. The maximum Gasteiger partial charge on any atom is 2.00 e. The molecule has 0 aliphatic heterocycles. The molecule has 10 nitrogen and oxygen atoms in total. The summed E-state index contributed by atoms with van der Waals surface area (Å²) in [5.41, 5.74) is 7.52. The van der Waals surface area contributed by atoms with Gasteiger partial charge in [0.2, 0.25) is 5.95 Å². The molecule has 0 atom stereocenters. The predicted molar refractivity (Wildman–Crippen MR) is 274 cm³/mol. The van der Waals surface area contributed by atoms with Crippen LogP contribution < -0.4 is 9.47 Å². The van der Waals surface area contributed by atoms with Crippen LogP contribution in [0.25, 0.3) is 83.0 Å². The zero-order valence-corrected chi connectivity index (χ0v) is 44.8. The number of fused-ring (bicyclic) bond motifs is 9. The molecule has 0 unspecified atom stereocenters. The van der Waals surface area contributed by atoms with Crippen molar-refractivity contribution in [2.75, 3.05) is 0 Å². The van der Waals surface area contributed by atoms with E-state index >= 15 is 0 Å². The second-order valence-corrected chi connectivity index (χ2v) is 19.6. The normalized spacial score (nSPS) is 12.0. The molecule has 12 heteroatoms. The van der Waals surface area contributed by atoms with Crippen molar-refractivity contribution in [3.63, 3.8) is 0 Å². The van der Waals surface area contributed by atoms with Crippen LogP contribution in [0.3, 0.4) is 0 Å². The van der Waals surface area contributed by atoms with E-state index in [2.05, 4.69) is 165 Å². The topological polar surface area (TPSA) is 97.7 Å². The molecule has 0 spiro atoms. The van der Waals surface area contributed by atoms with Crippen LogP contribution in [0.1, 0.15) is 64.3 Å². The van der Waals surface area contributed by atoms with Crippen molar-refractivity contribution in [2.24, 2.45) is 0 Å². The van der Waals surface area contributed by atoms with Crippen molar-refractivity contribution in [3.05, 3.63) is 181 Å². The van der Waals surface area contributed by atoms with E-state index in [9.17, 15) is 0 Å². The molecule has 6 heterocycles. The summed E-state index contributed by atoms with van der Waals surface area (Å²) in [5, 5.41) is 6.17. The quantitative estimate of drug-likeness (QED) is 0.147. The Morgan fingerprint density at radius 1 is 0.408 bits per heavy atom. The number of hydrogen-bond donors (Lipinski definition) is 0. The van der Waals surface area contributed by atoms with Gasteiger partial charge in [0, 0.05) is 46.4 Å². The van der Waals surface area contributed by atoms with Crippen LogP contribution in [0, 0.1) is 38.1 Å². The number of hydrogen-bond acceptors (Lipinski definition) is 7. The van der Waals surface area contributed by atoms with Crippen molar-refractivity contribution in [3.8, 4) is 40.6 Å². The van der Waals surface area contributed by atoms with Gasteiger partial charge in [0.1, 0.15) is 23.3 Å². The summed E-state index contributed by atoms with van der Waals surface area (Å²) >= 11 is 0. The van der Waals surface area contributed by atoms with Gasteiger partial charge in [0.05, 0.1) is 0 Å². The third kappa shape index (κ3) is 8.41. The van der Waals surface area contributed by atoms with Crippen LogP contribution in [-0.4, -0.2) is 38.6 Å². The molecule has 0 N–H and O–H groups in total. The number of para-hydroxylation sites is 2. The average molecular weight is 1290 g/mol. The van der Waals surface area contributed by atoms with Crippen LogP contribution in [0.2, 0.25) is 0 Å². The summed E-state index contributed by atoms with van der Waals surface area (Å²) in [4.78, 5) is 23.8. The largest absolute Gasteiger partial charge is 2.00 e. The first-order valence-electron chi connectivity index (χ1n) is 23.1. The number of aromatic nitrogens is 8. The van der Waals surface area contributed by atoms with Gasteiger partial charge in [-0.05, 0) is 83.0 Å². The van der Waals surface area contributed by atoms with Gasteiger partial charge in [-0.1, -0.05) is 100 Å². The van der Waals surface area contributed by atoms with Crippen LogP contribution in [0.4, 0.5) is 0 Å². The molecule has 0 saturated heterocycles. The summed E-state index contributed by atoms with van der Waals surface area (Å²) in [5.74, 6) is 5.34. The summed E-state index contributed by atoms with van der Waals surface area (Å²) in [6, 6.07) is 55.6. The maximum atomic E-state index is 6.66. The Labute approximate surface area is 440 Å². The van der Waals surface area contributed by atoms with Gasteiger partial charge in [-0.15, -0.1) is 59.3 Å². The molecule has 0 saturated carbocycles. The van der Waals surface area contributed by atoms with E-state index in [0.717, 1.165) is 66.0 Å². The Morgan fingerprint density at radius 2 is 0.761 bits per heavy atom. The van der Waals surface area contributed by atoms with Gasteiger partial charge in [-0.25, -0.2) is 15.0 Å². The first-order chi connectivity index (χ1) is 33.2. The fourth-order valence-corrected chi connectivity index (χ4v) is 9.44. The van der Waals surface area contributed by atoms with Crippen molar-refractivity contribution in [1.29, 1.82) is 0 Å². The third-order valence-corrected chi connectivity index (χ3v) is 12.8. The third-order valence-electron chi connectivity index (χ3n) is 12.8. The standard InChI is InChI=1S/C59H46N8O2.2Pt/c1-35-62-36(2)64-57(63-35)67-53-33-41(68-39-17-21-45-43-13-9-11-15-49(43)65(51(45)31-39)55-29-37(25-27-60-55)58(3,4)5)19-23-47(53)48-24-20-42(34-54(48)67)69-40-18-22-46-44-14-10-12-16-50(44)66(52(46)32-40)56-30-38(26-28-61-56)59(6,7)8;;/h9-30H,1-8H3;;/q-4;2*+2. The van der Waals surface area contributed by atoms with Gasteiger partial charge in [0.15, 0.2) is 0 Å². The van der Waals surface area contributed by atoms with Gasteiger partial charge < -0.3 is 23.2 Å². The number of benzene rings is 6. The number of aryl methyl sites for hydroxylation is 2. The molecule has 12 aromatic rings. The van der Waals surface area contributed by atoms with Crippen LogP contribution in [0.15, 0.2) is 134 Å². The van der Waals surface area contributed by atoms with Crippen LogP contribution in [-0.2, 0) is 53.0 Å². The van der Waals surface area contributed by atoms with E-state index in [1.54, 1.807) is 0 Å². The Hall–Kier alpha value is -6.99. The van der Waals surface area contributed by atoms with Crippen molar-refractivity contribution < 1.29 is 51.6 Å². The minimum atomic E-state index is -0.0502. The van der Waals surface area contributed by atoms with Gasteiger partial charge >= 0.3 is 42.1 Å². The number of ether oxygens (including phenoxy) is 2. The second kappa shape index (κ2) is 18.0. The number of pyridine rings is 2. The number of rotatable bonds is 7. The first kappa shape index (κ1) is 47.7. The molecule has 6 aromatic carbocycles. The van der Waals surface area contributed by atoms with E-state index < -0.39 is 0 Å². The molecule has 0 bridgehead atoms. The van der Waals surface area contributed by atoms with Crippen LogP contribution >= 0.6 is 0 Å². The van der Waals surface area contributed by atoms with E-state index in [0.29, 0.717) is 51.6 Å². The molecular weight excluding hydrogens is 1240 g/mol. The molecule has 0 radical (unpaired) electrons. The molecular formula is C59H46N8O2Pt2. The van der Waals surface area contributed by atoms with Crippen LogP contribution in [0.5, 0.6) is 23.0 Å². The fraction of sp³-hybridized carbons (Fsp3) is 0.169. The smallest absolute Gasteiger partial charge is 0.509 e. The van der Waals surface area contributed by atoms with Crippen molar-refractivity contribution >= 4 is 65.4 Å². The molecule has 354 valence electrons. The average Bonchev–Trinajstić information content (AvgIpc) is 3.95. The molecule has 0 fully saturated rings. The van der Waals surface area contributed by atoms with Crippen molar-refractivity contribution in [1.82, 2.24) is 38.6 Å². The summed E-state index contributed by atoms with van der Waals surface area (Å²) in [7, 11) is 0. The van der Waals surface area contributed by atoms with Gasteiger partial charge in [0.25, 0.3) is 0 Å². The zero-order valence-electron chi connectivity index (χ0n) is 40.2. The summed E-state index contributed by atoms with van der Waals surface area (Å²) in [6.45, 7) is 17.0. The SMILES string of the molecule is Cc1nc(C)nc(-n2c3[c-]c(Oc4[c-]c5c(cc4)c4ccccc4n5-c4cc(C(C)(C)C)ccn4)ccc3c3ccc(Oc4[c-]c5c(cc4)c4ccccc4n5-c4cc(C(C)(C)C)ccn4)[c-]c32)n1.[Pt+2].[Pt+2]. The van der Waals surface area contributed by atoms with E-state index in [4.69, 9.17) is 29.4 Å². The minimum Gasteiger partial charge on any atom is -0.509 e. The first-order valence-corrected chi connectivity index (χ1v) is 23.1. The Balaban J connectivity index is 0.00000291. The van der Waals surface area contributed by atoms with Gasteiger partial charge in [-0.3, -0.25) is 0 Å². The second-order valence-electron chi connectivity index (χ2n) is 19.6. The molecule has 0 amide bonds. The monoisotopic (exact) mass is 1290 g/mol. The van der Waals surface area contributed by atoms with E-state index in [1.807, 2.05) is 67.2 Å². The Kier molecular flexibility index (Phi) is 12.1. The summed E-state index contributed by atoms with van der Waals surface area (Å²) < 4.78 is 19.6. The Bertz CT molecular complexity index is 3790. The van der Waals surface area contributed by atoms with Gasteiger partial charge in [-0.2, -0.15) is 45.0 Å². The minimum absolute atomic E-state index is 0. The molecule has 71 heavy (non-hydrogen) atoms. The maximum absolute atomic E-state index is 6.66. The predicted octanol–water partition coefficient (Wildman–Crippen LogP) is 13.9. The Morgan fingerprint density at radius 3 is 1.14 bits per heavy atom. The molecule has 0 aliphatic carbocycles. The van der Waals surface area contributed by atoms with E-state index in [1.165, 1.54) is 11.1 Å². The molecule has 0 aliphatic rings. The molecule has 6 aromatic heterocycles. The van der Waals surface area contributed by atoms with E-state index in [-0.39, 0.29) is 53.0 Å². The van der Waals surface area contributed by atoms with Crippen molar-refractivity contribution in [2.45, 2.75) is 66.2 Å².